The zero-order valence-corrected chi connectivity index (χ0v) is 10.5. The van der Waals surface area contributed by atoms with Gasteiger partial charge in [0.05, 0.1) is 14.2 Å². The smallest absolute Gasteiger partial charge is 0.125 e. The Labute approximate surface area is 107 Å². The van der Waals surface area contributed by atoms with E-state index in [2.05, 4.69) is 0 Å². The van der Waals surface area contributed by atoms with Crippen LogP contribution in [0.15, 0.2) is 48.5 Å². The maximum absolute atomic E-state index is 10.4. The average molecular weight is 244 g/mol. The molecule has 0 aliphatic rings. The number of methoxy groups -OCH3 is 2. The molecule has 0 radical (unpaired) electrons. The van der Waals surface area contributed by atoms with E-state index in [9.17, 15) is 5.11 Å². The highest BCUT2D eigenvalue weighted by Gasteiger charge is 2.16. The molecule has 3 nitrogen and oxygen atoms in total. The lowest BCUT2D eigenvalue weighted by Gasteiger charge is -2.16. The van der Waals surface area contributed by atoms with Crippen molar-refractivity contribution in [1.82, 2.24) is 0 Å². The zero-order valence-electron chi connectivity index (χ0n) is 10.5. The summed E-state index contributed by atoms with van der Waals surface area (Å²) in [6.07, 6.45) is -0.726. The van der Waals surface area contributed by atoms with Gasteiger partial charge in [0.15, 0.2) is 0 Å². The molecule has 0 aliphatic heterocycles. The molecule has 0 fully saturated rings. The largest absolute Gasteiger partial charge is 0.497 e. The number of rotatable bonds is 4. The summed E-state index contributed by atoms with van der Waals surface area (Å²) in [4.78, 5) is 0. The van der Waals surface area contributed by atoms with Gasteiger partial charge in [-0.1, -0.05) is 30.3 Å². The molecule has 0 saturated heterocycles. The Hall–Kier alpha value is -2.00. The predicted molar refractivity (Wildman–Crippen MR) is 70.0 cm³/mol. The van der Waals surface area contributed by atoms with Crippen LogP contribution in [-0.4, -0.2) is 19.3 Å². The fraction of sp³-hybridized carbons (Fsp3) is 0.200. The summed E-state index contributed by atoms with van der Waals surface area (Å²) >= 11 is 0. The molecular weight excluding hydrogens is 228 g/mol. The zero-order chi connectivity index (χ0) is 13.0. The monoisotopic (exact) mass is 244 g/mol. The third-order valence-corrected chi connectivity index (χ3v) is 2.85. The summed E-state index contributed by atoms with van der Waals surface area (Å²) in [7, 11) is 3.18. The standard InChI is InChI=1S/C15H16O3/c1-17-12-8-9-14(18-2)13(10-12)15(16)11-6-4-3-5-7-11/h3-10,15-16H,1-2H3. The van der Waals surface area contributed by atoms with Crippen LogP contribution < -0.4 is 9.47 Å². The highest BCUT2D eigenvalue weighted by molar-refractivity contribution is 5.45. The predicted octanol–water partition coefficient (Wildman–Crippen LogP) is 2.79. The van der Waals surface area contributed by atoms with Gasteiger partial charge in [0.2, 0.25) is 0 Å². The number of ether oxygens (including phenoxy) is 2. The minimum Gasteiger partial charge on any atom is -0.497 e. The normalized spacial score (nSPS) is 11.9. The minimum absolute atomic E-state index is 0.646. The molecule has 0 saturated carbocycles. The van der Waals surface area contributed by atoms with Gasteiger partial charge in [0.1, 0.15) is 17.6 Å². The molecule has 0 aliphatic carbocycles. The van der Waals surface area contributed by atoms with Crippen molar-refractivity contribution in [2.75, 3.05) is 14.2 Å². The number of hydrogen-bond donors (Lipinski definition) is 1. The van der Waals surface area contributed by atoms with E-state index in [0.717, 1.165) is 5.56 Å². The van der Waals surface area contributed by atoms with Gasteiger partial charge in [-0.05, 0) is 23.8 Å². The second-order valence-electron chi connectivity index (χ2n) is 3.92. The van der Waals surface area contributed by atoms with Crippen molar-refractivity contribution in [3.8, 4) is 11.5 Å². The SMILES string of the molecule is COc1ccc(OC)c(C(O)c2ccccc2)c1. The lowest BCUT2D eigenvalue weighted by atomic mass is 10.0. The minimum atomic E-state index is -0.726. The van der Waals surface area contributed by atoms with Gasteiger partial charge in [-0.15, -0.1) is 0 Å². The topological polar surface area (TPSA) is 38.7 Å². The second-order valence-corrected chi connectivity index (χ2v) is 3.92. The van der Waals surface area contributed by atoms with Crippen molar-refractivity contribution in [2.24, 2.45) is 0 Å². The molecule has 18 heavy (non-hydrogen) atoms. The average Bonchev–Trinajstić information content (AvgIpc) is 2.46. The van der Waals surface area contributed by atoms with Crippen LogP contribution in [0.2, 0.25) is 0 Å². The number of benzene rings is 2. The summed E-state index contributed by atoms with van der Waals surface area (Å²) in [6, 6.07) is 14.8. The Morgan fingerprint density at radius 3 is 2.28 bits per heavy atom. The molecule has 2 aromatic rings. The lowest BCUT2D eigenvalue weighted by Crippen LogP contribution is -2.02. The summed E-state index contributed by atoms with van der Waals surface area (Å²) in [6.45, 7) is 0. The van der Waals surface area contributed by atoms with Crippen LogP contribution in [0.1, 0.15) is 17.2 Å². The lowest BCUT2D eigenvalue weighted by molar-refractivity contribution is 0.214. The van der Waals surface area contributed by atoms with Crippen LogP contribution >= 0.6 is 0 Å². The Morgan fingerprint density at radius 2 is 1.67 bits per heavy atom. The summed E-state index contributed by atoms with van der Waals surface area (Å²) in [5, 5.41) is 10.4. The van der Waals surface area contributed by atoms with E-state index in [0.29, 0.717) is 17.1 Å². The quantitative estimate of drug-likeness (QED) is 0.898. The van der Waals surface area contributed by atoms with Crippen molar-refractivity contribution >= 4 is 0 Å². The third-order valence-electron chi connectivity index (χ3n) is 2.85. The van der Waals surface area contributed by atoms with Crippen LogP contribution in [0.25, 0.3) is 0 Å². The first-order valence-corrected chi connectivity index (χ1v) is 5.71. The van der Waals surface area contributed by atoms with Crippen LogP contribution in [-0.2, 0) is 0 Å². The first-order chi connectivity index (χ1) is 8.76. The Morgan fingerprint density at radius 1 is 0.944 bits per heavy atom. The molecule has 0 heterocycles. The van der Waals surface area contributed by atoms with Gasteiger partial charge in [0.25, 0.3) is 0 Å². The second kappa shape index (κ2) is 5.56. The molecule has 0 bridgehead atoms. The number of aliphatic hydroxyl groups is 1. The van der Waals surface area contributed by atoms with Gasteiger partial charge in [-0.3, -0.25) is 0 Å². The van der Waals surface area contributed by atoms with Gasteiger partial charge in [-0.25, -0.2) is 0 Å². The van der Waals surface area contributed by atoms with Crippen molar-refractivity contribution < 1.29 is 14.6 Å². The highest BCUT2D eigenvalue weighted by Crippen LogP contribution is 2.32. The molecule has 0 spiro atoms. The fourth-order valence-electron chi connectivity index (χ4n) is 1.87. The maximum atomic E-state index is 10.4. The van der Waals surface area contributed by atoms with E-state index in [1.54, 1.807) is 32.4 Å². The molecule has 3 heteroatoms. The third kappa shape index (κ3) is 2.46. The molecule has 94 valence electrons. The molecule has 1 unspecified atom stereocenters. The molecule has 2 aromatic carbocycles. The summed E-state index contributed by atoms with van der Waals surface area (Å²) in [5.41, 5.74) is 1.52. The highest BCUT2D eigenvalue weighted by atomic mass is 16.5. The Kier molecular flexibility index (Phi) is 3.85. The van der Waals surface area contributed by atoms with Gasteiger partial charge >= 0.3 is 0 Å². The van der Waals surface area contributed by atoms with Crippen LogP contribution in [0.4, 0.5) is 0 Å². The van der Waals surface area contributed by atoms with Crippen LogP contribution in [0.5, 0.6) is 11.5 Å². The van der Waals surface area contributed by atoms with Gasteiger partial charge in [0, 0.05) is 5.56 Å². The number of hydrogen-bond acceptors (Lipinski definition) is 3. The van der Waals surface area contributed by atoms with Crippen LogP contribution in [0.3, 0.4) is 0 Å². The number of aliphatic hydroxyl groups excluding tert-OH is 1. The first kappa shape index (κ1) is 12.5. The van der Waals surface area contributed by atoms with E-state index >= 15 is 0 Å². The van der Waals surface area contributed by atoms with Gasteiger partial charge in [-0.2, -0.15) is 0 Å². The van der Waals surface area contributed by atoms with Gasteiger partial charge < -0.3 is 14.6 Å². The fourth-order valence-corrected chi connectivity index (χ4v) is 1.87. The van der Waals surface area contributed by atoms with E-state index in [-0.39, 0.29) is 0 Å². The molecule has 1 N–H and O–H groups in total. The van der Waals surface area contributed by atoms with E-state index < -0.39 is 6.10 Å². The van der Waals surface area contributed by atoms with E-state index in [1.807, 2.05) is 30.3 Å². The van der Waals surface area contributed by atoms with Crippen molar-refractivity contribution in [3.63, 3.8) is 0 Å². The van der Waals surface area contributed by atoms with E-state index in [1.165, 1.54) is 0 Å². The van der Waals surface area contributed by atoms with Crippen molar-refractivity contribution in [1.29, 1.82) is 0 Å². The molecule has 0 aromatic heterocycles. The first-order valence-electron chi connectivity index (χ1n) is 5.71. The molecule has 1 atom stereocenters. The van der Waals surface area contributed by atoms with E-state index in [4.69, 9.17) is 9.47 Å². The maximum Gasteiger partial charge on any atom is 0.125 e. The van der Waals surface area contributed by atoms with Crippen LogP contribution in [0, 0.1) is 0 Å². The molecule has 0 amide bonds. The molecular formula is C15H16O3. The van der Waals surface area contributed by atoms with Crippen molar-refractivity contribution in [2.45, 2.75) is 6.10 Å². The summed E-state index contributed by atoms with van der Waals surface area (Å²) in [5.74, 6) is 1.34. The Balaban J connectivity index is 2.42. The van der Waals surface area contributed by atoms with Crippen molar-refractivity contribution in [3.05, 3.63) is 59.7 Å². The Bertz CT molecular complexity index is 508. The summed E-state index contributed by atoms with van der Waals surface area (Å²) < 4.78 is 10.4. The molecule has 2 rings (SSSR count).